The number of nitrogens with one attached hydrogen (secondary N) is 2. The van der Waals surface area contributed by atoms with Crippen molar-refractivity contribution < 1.29 is 28.5 Å². The molecule has 0 saturated heterocycles. The van der Waals surface area contributed by atoms with Gasteiger partial charge in [-0.3, -0.25) is 9.59 Å². The Hall–Kier alpha value is -4.58. The van der Waals surface area contributed by atoms with Gasteiger partial charge in [-0.25, -0.2) is 5.43 Å². The van der Waals surface area contributed by atoms with E-state index in [0.717, 1.165) is 22.4 Å². The molecule has 0 fully saturated rings. The number of hydrazone groups is 1. The highest BCUT2D eigenvalue weighted by molar-refractivity contribution is 14.1. The monoisotopic (exact) mass is 707 g/mol. The molecule has 2 amide bonds. The lowest BCUT2D eigenvalue weighted by atomic mass is 10.1. The maximum Gasteiger partial charge on any atom is 0.271 e. The second-order valence-corrected chi connectivity index (χ2v) is 10.8. The molecule has 0 unspecified atom stereocenters. The van der Waals surface area contributed by atoms with Crippen LogP contribution in [0.3, 0.4) is 0 Å². The molecule has 0 atom stereocenters. The van der Waals surface area contributed by atoms with Crippen LogP contribution in [0.1, 0.15) is 39.5 Å². The number of amides is 2. The molecule has 4 aromatic rings. The summed E-state index contributed by atoms with van der Waals surface area (Å²) in [6, 6.07) is 24.0. The first-order valence-electron chi connectivity index (χ1n) is 13.9. The van der Waals surface area contributed by atoms with Crippen LogP contribution in [0.5, 0.6) is 23.0 Å². The van der Waals surface area contributed by atoms with Gasteiger partial charge in [0, 0.05) is 11.3 Å². The Kier molecular flexibility index (Phi) is 11.6. The lowest BCUT2D eigenvalue weighted by Gasteiger charge is -2.14. The number of anilines is 1. The summed E-state index contributed by atoms with van der Waals surface area (Å²) in [5, 5.41) is 7.00. The first kappa shape index (κ1) is 32.3. The summed E-state index contributed by atoms with van der Waals surface area (Å²) in [6.45, 7) is 6.42. The second kappa shape index (κ2) is 15.8. The number of carbonyl (C=O) groups is 2. The van der Waals surface area contributed by atoms with E-state index in [4.69, 9.17) is 18.9 Å². The number of methoxy groups -OCH3 is 1. The van der Waals surface area contributed by atoms with E-state index in [1.54, 1.807) is 24.3 Å². The van der Waals surface area contributed by atoms with Crippen LogP contribution in [0, 0.1) is 17.4 Å². The molecule has 0 aromatic heterocycles. The SMILES string of the molecule is CCOc1cc(C(=O)N/N=C/c2cc(I)c(OCC(=O)Nc3cccc(C)c3C)c(OC)c2)ccc1OCc1ccccc1. The highest BCUT2D eigenvalue weighted by atomic mass is 127. The fraction of sp³-hybridized carbons (Fsp3) is 0.206. The molecular weight excluding hydrogens is 673 g/mol. The zero-order chi connectivity index (χ0) is 31.5. The molecule has 2 N–H and O–H groups in total. The Morgan fingerprint density at radius 1 is 0.886 bits per heavy atom. The van der Waals surface area contributed by atoms with Crippen LogP contribution in [0.25, 0.3) is 0 Å². The predicted octanol–water partition coefficient (Wildman–Crippen LogP) is 6.68. The van der Waals surface area contributed by atoms with E-state index in [2.05, 4.69) is 38.4 Å². The van der Waals surface area contributed by atoms with Crippen LogP contribution in [-0.2, 0) is 11.4 Å². The largest absolute Gasteiger partial charge is 0.493 e. The van der Waals surface area contributed by atoms with E-state index >= 15 is 0 Å². The zero-order valence-corrected chi connectivity index (χ0v) is 27.1. The Bertz CT molecular complexity index is 1640. The van der Waals surface area contributed by atoms with E-state index in [1.165, 1.54) is 13.3 Å². The van der Waals surface area contributed by atoms with Crippen LogP contribution in [0.15, 0.2) is 84.0 Å². The minimum absolute atomic E-state index is 0.191. The van der Waals surface area contributed by atoms with Gasteiger partial charge >= 0.3 is 0 Å². The Balaban J connectivity index is 1.37. The number of halogens is 1. The van der Waals surface area contributed by atoms with Gasteiger partial charge in [0.1, 0.15) is 6.61 Å². The van der Waals surface area contributed by atoms with Gasteiger partial charge in [-0.2, -0.15) is 5.10 Å². The van der Waals surface area contributed by atoms with Crippen molar-refractivity contribution in [2.24, 2.45) is 5.10 Å². The summed E-state index contributed by atoms with van der Waals surface area (Å²) < 4.78 is 23.7. The summed E-state index contributed by atoms with van der Waals surface area (Å²) >= 11 is 2.10. The predicted molar refractivity (Wildman–Crippen MR) is 179 cm³/mol. The minimum atomic E-state index is -0.409. The van der Waals surface area contributed by atoms with Crippen molar-refractivity contribution >= 4 is 46.3 Å². The third-order valence-electron chi connectivity index (χ3n) is 6.60. The number of ether oxygens (including phenoxy) is 4. The van der Waals surface area contributed by atoms with Gasteiger partial charge in [-0.05, 0) is 102 Å². The number of benzene rings is 4. The van der Waals surface area contributed by atoms with E-state index in [9.17, 15) is 9.59 Å². The quantitative estimate of drug-likeness (QED) is 0.0913. The molecule has 4 rings (SSSR count). The molecule has 44 heavy (non-hydrogen) atoms. The fourth-order valence-corrected chi connectivity index (χ4v) is 4.95. The number of hydrogen-bond acceptors (Lipinski definition) is 7. The van der Waals surface area contributed by atoms with Gasteiger partial charge in [-0.15, -0.1) is 0 Å². The molecule has 0 spiro atoms. The summed E-state index contributed by atoms with van der Waals surface area (Å²) in [6.07, 6.45) is 1.50. The van der Waals surface area contributed by atoms with E-state index in [-0.39, 0.29) is 12.5 Å². The highest BCUT2D eigenvalue weighted by Crippen LogP contribution is 2.34. The third-order valence-corrected chi connectivity index (χ3v) is 7.40. The molecular formula is C34H34IN3O6. The molecule has 10 heteroatoms. The van der Waals surface area contributed by atoms with Crippen LogP contribution < -0.4 is 29.7 Å². The fourth-order valence-electron chi connectivity index (χ4n) is 4.17. The van der Waals surface area contributed by atoms with E-state index in [1.807, 2.05) is 75.4 Å². The van der Waals surface area contributed by atoms with Gasteiger partial charge in [0.2, 0.25) is 0 Å². The smallest absolute Gasteiger partial charge is 0.271 e. The lowest BCUT2D eigenvalue weighted by Crippen LogP contribution is -2.21. The van der Waals surface area contributed by atoms with Crippen LogP contribution in [0.4, 0.5) is 5.69 Å². The molecule has 228 valence electrons. The van der Waals surface area contributed by atoms with Crippen molar-refractivity contribution in [2.75, 3.05) is 25.6 Å². The van der Waals surface area contributed by atoms with Crippen LogP contribution in [-0.4, -0.2) is 38.4 Å². The standard InChI is InChI=1S/C34H34IN3O6/c1-5-42-30-18-26(14-15-29(30)43-20-24-11-7-6-8-12-24)34(40)38-36-19-25-16-27(35)33(31(17-25)41-4)44-21-32(39)37-28-13-9-10-22(2)23(28)3/h6-19H,5,20-21H2,1-4H3,(H,37,39)(H,38,40)/b36-19+. The maximum atomic E-state index is 12.8. The molecule has 0 saturated carbocycles. The zero-order valence-electron chi connectivity index (χ0n) is 25.0. The molecule has 0 radical (unpaired) electrons. The van der Waals surface area contributed by atoms with Crippen molar-refractivity contribution in [3.63, 3.8) is 0 Å². The highest BCUT2D eigenvalue weighted by Gasteiger charge is 2.15. The second-order valence-electron chi connectivity index (χ2n) is 9.69. The third kappa shape index (κ3) is 8.73. The van der Waals surface area contributed by atoms with Gasteiger partial charge in [0.15, 0.2) is 29.6 Å². The van der Waals surface area contributed by atoms with Crippen molar-refractivity contribution in [1.29, 1.82) is 0 Å². The summed E-state index contributed by atoms with van der Waals surface area (Å²) in [5.41, 5.74) is 7.44. The first-order chi connectivity index (χ1) is 21.3. The summed E-state index contributed by atoms with van der Waals surface area (Å²) in [4.78, 5) is 25.4. The number of aryl methyl sites for hydroxylation is 1. The van der Waals surface area contributed by atoms with Crippen molar-refractivity contribution in [3.05, 3.63) is 110 Å². The molecule has 0 bridgehead atoms. The molecule has 0 aliphatic heterocycles. The van der Waals surface area contributed by atoms with Gasteiger partial charge in [-0.1, -0.05) is 42.5 Å². The van der Waals surface area contributed by atoms with Crippen molar-refractivity contribution in [1.82, 2.24) is 5.43 Å². The average Bonchev–Trinajstić information content (AvgIpc) is 3.02. The molecule has 0 aliphatic rings. The molecule has 4 aromatic carbocycles. The molecule has 0 heterocycles. The van der Waals surface area contributed by atoms with Gasteiger partial charge < -0.3 is 24.3 Å². The van der Waals surface area contributed by atoms with Crippen molar-refractivity contribution in [2.45, 2.75) is 27.4 Å². The molecule has 9 nitrogen and oxygen atoms in total. The maximum absolute atomic E-state index is 12.8. The summed E-state index contributed by atoms with van der Waals surface area (Å²) in [5.74, 6) is 1.18. The summed E-state index contributed by atoms with van der Waals surface area (Å²) in [7, 11) is 1.51. The Morgan fingerprint density at radius 3 is 2.43 bits per heavy atom. The van der Waals surface area contributed by atoms with Crippen LogP contribution >= 0.6 is 22.6 Å². The number of nitrogens with zero attached hydrogens (tertiary/aromatic N) is 1. The van der Waals surface area contributed by atoms with E-state index < -0.39 is 5.91 Å². The topological polar surface area (TPSA) is 107 Å². The average molecular weight is 708 g/mol. The number of rotatable bonds is 13. The van der Waals surface area contributed by atoms with Crippen molar-refractivity contribution in [3.8, 4) is 23.0 Å². The minimum Gasteiger partial charge on any atom is -0.493 e. The van der Waals surface area contributed by atoms with E-state index in [0.29, 0.717) is 50.9 Å². The Morgan fingerprint density at radius 2 is 1.68 bits per heavy atom. The lowest BCUT2D eigenvalue weighted by molar-refractivity contribution is -0.118. The normalized spacial score (nSPS) is 10.8. The first-order valence-corrected chi connectivity index (χ1v) is 15.0. The van der Waals surface area contributed by atoms with Crippen LogP contribution in [0.2, 0.25) is 0 Å². The Labute approximate surface area is 270 Å². The number of carbonyl (C=O) groups excluding carboxylic acids is 2. The van der Waals surface area contributed by atoms with Gasteiger partial charge in [0.05, 0.1) is 23.5 Å². The molecule has 0 aliphatic carbocycles. The van der Waals surface area contributed by atoms with Gasteiger partial charge in [0.25, 0.3) is 11.8 Å². The number of hydrogen-bond donors (Lipinski definition) is 2.